The van der Waals surface area contributed by atoms with Crippen LogP contribution in [0, 0.1) is 0 Å². The quantitative estimate of drug-likeness (QED) is 0.141. The van der Waals surface area contributed by atoms with Crippen molar-refractivity contribution in [3.8, 4) is 55.9 Å². The first-order chi connectivity index (χ1) is 57.3. The van der Waals surface area contributed by atoms with Crippen molar-refractivity contribution in [3.05, 3.63) is 304 Å². The molecule has 0 bridgehead atoms. The topological polar surface area (TPSA) is 16.3 Å². The third-order valence-electron chi connectivity index (χ3n) is 27.0. The second-order valence-corrected chi connectivity index (χ2v) is 46.5. The lowest BCUT2D eigenvalue weighted by Gasteiger charge is -2.46. The van der Waals surface area contributed by atoms with Crippen LogP contribution in [-0.2, 0) is 54.1 Å². The summed E-state index contributed by atoms with van der Waals surface area (Å²) in [6.07, 6.45) is 0. The Labute approximate surface area is 736 Å². The van der Waals surface area contributed by atoms with Crippen LogP contribution in [0.5, 0.6) is 0 Å². The number of fused-ring (bicyclic) bond motifs is 10. The smallest absolute Gasteiger partial charge is 0.252 e. The van der Waals surface area contributed by atoms with Gasteiger partial charge in [0.25, 0.3) is 6.71 Å². The minimum Gasteiger partial charge on any atom is -0.311 e. The average molecular weight is 1620 g/mol. The molecule has 17 rings (SSSR count). The van der Waals surface area contributed by atoms with Gasteiger partial charge >= 0.3 is 0 Å². The van der Waals surface area contributed by atoms with Gasteiger partial charge in [-0.25, -0.2) is 0 Å². The summed E-state index contributed by atoms with van der Waals surface area (Å²) in [7, 11) is 0. The van der Waals surface area contributed by atoms with E-state index in [1.54, 1.807) is 0 Å². The van der Waals surface area contributed by atoms with Crippen LogP contribution in [0.25, 0.3) is 99.5 Å². The summed E-state index contributed by atoms with van der Waals surface area (Å²) < 4.78 is 5.18. The third kappa shape index (κ3) is 15.0. The summed E-state index contributed by atoms with van der Waals surface area (Å²) in [4.78, 5) is 5.53. The van der Waals surface area contributed by atoms with Crippen LogP contribution < -0.4 is 26.2 Å². The fraction of sp³-hybridized carbons (Fsp3) is 0.339. The van der Waals surface area contributed by atoms with Crippen LogP contribution in [0.1, 0.15) is 263 Å². The Bertz CT molecular complexity index is 6640. The molecule has 2 aliphatic heterocycles. The van der Waals surface area contributed by atoms with Crippen LogP contribution >= 0.6 is 0 Å². The highest BCUT2D eigenvalue weighted by atomic mass is 15.2. The molecule has 4 heterocycles. The van der Waals surface area contributed by atoms with E-state index in [2.05, 4.69) is 475 Å². The molecule has 0 saturated carbocycles. The Balaban J connectivity index is 1.06. The number of rotatable bonds is 8. The van der Waals surface area contributed by atoms with Crippen LogP contribution in [0.3, 0.4) is 0 Å². The number of aromatic nitrogens is 2. The molecule has 0 atom stereocenters. The Kier molecular flexibility index (Phi) is 19.8. The Morgan fingerprint density at radius 1 is 0.195 bits per heavy atom. The largest absolute Gasteiger partial charge is 0.311 e. The van der Waals surface area contributed by atoms with E-state index in [0.29, 0.717) is 0 Å². The van der Waals surface area contributed by atoms with E-state index in [0.717, 1.165) is 39.7 Å². The van der Waals surface area contributed by atoms with Gasteiger partial charge in [-0.3, -0.25) is 0 Å². The molecule has 0 spiro atoms. The lowest BCUT2D eigenvalue weighted by atomic mass is 9.33. The SMILES string of the molecule is CC(C)(C)c1cccc(-c2ccc(-c3ccccc3C(C)(C)C)cc2N2c3cc(-n4c5ccc(C(C)(C)C)cc5c5cc(C(C)(C)C)ccc54)ccc3B3c4ccc(-n5c6ccc(C(C)(C)C)cc6c6cc(C(C)(C)C)ccc65)cc4N(c4cc(-c5ccc(C(C)(C)C)cc5C(C)(C)C)ccc4-c4cccc(C(C)(C)C)c4)c4cc(C(C)(C)C)cc2c43)c1. The molecule has 15 aromatic rings. The molecule has 4 nitrogen and oxygen atoms in total. The summed E-state index contributed by atoms with van der Waals surface area (Å²) >= 11 is 0. The van der Waals surface area contributed by atoms with Crippen LogP contribution in [0.2, 0.25) is 0 Å². The third-order valence-corrected chi connectivity index (χ3v) is 27.0. The first kappa shape index (κ1) is 84.3. The van der Waals surface area contributed by atoms with Crippen LogP contribution in [-0.4, -0.2) is 15.8 Å². The maximum Gasteiger partial charge on any atom is 0.252 e. The van der Waals surface area contributed by atoms with Crippen molar-refractivity contribution in [3.63, 3.8) is 0 Å². The van der Waals surface area contributed by atoms with Gasteiger partial charge in [0, 0.05) is 66.8 Å². The maximum atomic E-state index is 2.77. The summed E-state index contributed by atoms with van der Waals surface area (Å²) in [5.74, 6) is 0. The predicted molar refractivity (Wildman–Crippen MR) is 538 cm³/mol. The predicted octanol–water partition coefficient (Wildman–Crippen LogP) is 31.6. The van der Waals surface area contributed by atoms with Gasteiger partial charge in [-0.15, -0.1) is 0 Å². The normalized spacial score (nSPS) is 13.9. The number of hydrogen-bond donors (Lipinski definition) is 0. The van der Waals surface area contributed by atoms with E-state index < -0.39 is 0 Å². The molecule has 626 valence electrons. The molecular formula is C118H131BN4. The summed E-state index contributed by atoms with van der Waals surface area (Å²) in [5, 5.41) is 5.07. The molecular weight excluding hydrogens is 1480 g/mol. The van der Waals surface area contributed by atoms with Crippen molar-refractivity contribution < 1.29 is 0 Å². The van der Waals surface area contributed by atoms with Crippen molar-refractivity contribution in [2.75, 3.05) is 9.80 Å². The molecule has 0 amide bonds. The Morgan fingerprint density at radius 2 is 0.504 bits per heavy atom. The fourth-order valence-electron chi connectivity index (χ4n) is 19.5. The first-order valence-corrected chi connectivity index (χ1v) is 45.3. The lowest BCUT2D eigenvalue weighted by Crippen LogP contribution is -2.61. The Morgan fingerprint density at radius 3 is 0.854 bits per heavy atom. The van der Waals surface area contributed by atoms with Gasteiger partial charge in [0.15, 0.2) is 0 Å². The minimum absolute atomic E-state index is 0.0593. The molecule has 0 fully saturated rings. The van der Waals surface area contributed by atoms with Gasteiger partial charge in [0.05, 0.1) is 33.4 Å². The second-order valence-electron chi connectivity index (χ2n) is 46.5. The molecule has 5 heteroatoms. The molecule has 13 aromatic carbocycles. The first-order valence-electron chi connectivity index (χ1n) is 45.3. The van der Waals surface area contributed by atoms with E-state index in [1.807, 2.05) is 0 Å². The summed E-state index contributed by atoms with van der Waals surface area (Å²) in [5.41, 5.74) is 38.9. The van der Waals surface area contributed by atoms with Crippen molar-refractivity contribution in [2.24, 2.45) is 0 Å². The van der Waals surface area contributed by atoms with Crippen molar-refractivity contribution in [1.82, 2.24) is 9.13 Å². The highest BCUT2D eigenvalue weighted by Gasteiger charge is 2.46. The van der Waals surface area contributed by atoms with E-state index >= 15 is 0 Å². The molecule has 0 N–H and O–H groups in total. The van der Waals surface area contributed by atoms with E-state index in [-0.39, 0.29) is 60.9 Å². The van der Waals surface area contributed by atoms with Crippen molar-refractivity contribution in [1.29, 1.82) is 0 Å². The standard InChI is InChI=1S/C118H131BN4/c1-109(2,3)76-37-33-35-72(59-76)88-50-41-74(86-39-31-32-40-94(86)117(25,26)27)61-102(88)122-104-70-84(120-98-55-44-78(111(7,8)9)63-90(98)91-64-79(112(10,11)12)45-56-99(91)120)48-53-96(104)119-97-54-49-85(121-100-57-46-80(113(13,14)15)65-92(100)93-66-81(114(16,17)18)47-58-101(93)121)71-105(97)123(107-69-83(116(22,23)24)68-106(122)108(107)119)103-62-75(42-51-89(103)73-36-34-38-77(60-73)110(4,5)6)87-52-43-82(115(19,20)21)67-95(87)118(28,29)30/h31-71H,1-30H3. The van der Waals surface area contributed by atoms with E-state index in [1.165, 1.54) is 166 Å². The van der Waals surface area contributed by atoms with E-state index in [4.69, 9.17) is 0 Å². The van der Waals surface area contributed by atoms with Gasteiger partial charge in [-0.05, 0) is 257 Å². The zero-order valence-electron chi connectivity index (χ0n) is 79.5. The average Bonchev–Trinajstić information content (AvgIpc) is 1.67. The fourth-order valence-corrected chi connectivity index (χ4v) is 19.5. The Hall–Kier alpha value is -10.9. The van der Waals surface area contributed by atoms with Gasteiger partial charge < -0.3 is 18.9 Å². The lowest BCUT2D eigenvalue weighted by molar-refractivity contribution is 0.569. The molecule has 0 unspecified atom stereocenters. The second kappa shape index (κ2) is 28.9. The maximum absolute atomic E-state index is 2.77. The highest BCUT2D eigenvalue weighted by molar-refractivity contribution is 7.00. The number of benzene rings is 13. The zero-order valence-corrected chi connectivity index (χ0v) is 79.5. The van der Waals surface area contributed by atoms with Crippen LogP contribution in [0.4, 0.5) is 34.1 Å². The highest BCUT2D eigenvalue weighted by Crippen LogP contribution is 2.55. The van der Waals surface area contributed by atoms with Crippen molar-refractivity contribution >= 4 is 101 Å². The van der Waals surface area contributed by atoms with E-state index in [9.17, 15) is 0 Å². The molecule has 123 heavy (non-hydrogen) atoms. The molecule has 2 aromatic heterocycles. The van der Waals surface area contributed by atoms with Gasteiger partial charge in [0.2, 0.25) is 0 Å². The zero-order chi connectivity index (χ0) is 88.2. The molecule has 0 radical (unpaired) electrons. The summed E-state index contributed by atoms with van der Waals surface area (Å²) in [6, 6.07) is 100. The number of nitrogens with zero attached hydrogens (tertiary/aromatic N) is 4. The molecule has 0 aliphatic carbocycles. The van der Waals surface area contributed by atoms with Crippen LogP contribution in [0.15, 0.2) is 249 Å². The monoisotopic (exact) mass is 1620 g/mol. The summed E-state index contributed by atoms with van der Waals surface area (Å²) in [6.45, 7) is 70.7. The number of hydrogen-bond acceptors (Lipinski definition) is 2. The molecule has 2 aliphatic rings. The molecule has 0 saturated heterocycles. The van der Waals surface area contributed by atoms with Crippen molar-refractivity contribution in [2.45, 2.75) is 262 Å². The van der Waals surface area contributed by atoms with Gasteiger partial charge in [-0.2, -0.15) is 0 Å². The van der Waals surface area contributed by atoms with Gasteiger partial charge in [0.1, 0.15) is 0 Å². The minimum atomic E-state index is -0.357. The number of anilines is 6. The van der Waals surface area contributed by atoms with Gasteiger partial charge in [-0.1, -0.05) is 359 Å².